The Labute approximate surface area is 113 Å². The van der Waals surface area contributed by atoms with Crippen molar-refractivity contribution in [2.75, 3.05) is 0 Å². The van der Waals surface area contributed by atoms with E-state index in [9.17, 15) is 0 Å². The summed E-state index contributed by atoms with van der Waals surface area (Å²) in [5.74, 6) is 1.71. The van der Waals surface area contributed by atoms with E-state index in [2.05, 4.69) is 39.0 Å². The van der Waals surface area contributed by atoms with Crippen molar-refractivity contribution < 1.29 is 0 Å². The number of aryl methyl sites for hydroxylation is 1. The summed E-state index contributed by atoms with van der Waals surface area (Å²) in [7, 11) is 0. The minimum absolute atomic E-state index is 0.770. The summed E-state index contributed by atoms with van der Waals surface area (Å²) in [6.45, 7) is 6.97. The number of benzene rings is 1. The standard InChI is InChI=1S/C18H28/c1-4-6-7-8-16-11-14(3)18-10-9-15(5-2)12-17(18)13-16/h9-10,12,14,16H,4-8,11,13H2,1-3H3. The molecular formula is C18H28. The molecule has 0 saturated carbocycles. The SMILES string of the molecule is CCCCCC1Cc2cc(CC)ccc2C(C)C1. The topological polar surface area (TPSA) is 0 Å². The van der Waals surface area contributed by atoms with Gasteiger partial charge in [-0.25, -0.2) is 0 Å². The Morgan fingerprint density at radius 2 is 2.00 bits per heavy atom. The first-order chi connectivity index (χ1) is 8.74. The molecule has 100 valence electrons. The van der Waals surface area contributed by atoms with Gasteiger partial charge in [-0.3, -0.25) is 0 Å². The van der Waals surface area contributed by atoms with E-state index in [0.717, 1.165) is 11.8 Å². The van der Waals surface area contributed by atoms with Gasteiger partial charge in [-0.15, -0.1) is 0 Å². The van der Waals surface area contributed by atoms with Crippen molar-refractivity contribution in [3.05, 3.63) is 34.9 Å². The van der Waals surface area contributed by atoms with Gasteiger partial charge in [-0.2, -0.15) is 0 Å². The second kappa shape index (κ2) is 6.41. The van der Waals surface area contributed by atoms with Crippen molar-refractivity contribution in [2.24, 2.45) is 5.92 Å². The van der Waals surface area contributed by atoms with Crippen LogP contribution in [-0.2, 0) is 12.8 Å². The molecule has 18 heavy (non-hydrogen) atoms. The Morgan fingerprint density at radius 3 is 2.72 bits per heavy atom. The summed E-state index contributed by atoms with van der Waals surface area (Å²) in [5, 5.41) is 0. The molecular weight excluding hydrogens is 216 g/mol. The predicted octanol–water partition coefficient (Wildman–Crippen LogP) is 5.50. The molecule has 1 aromatic rings. The molecule has 2 unspecified atom stereocenters. The molecule has 0 fully saturated rings. The molecule has 0 aliphatic heterocycles. The minimum atomic E-state index is 0.770. The molecule has 0 radical (unpaired) electrons. The van der Waals surface area contributed by atoms with Crippen molar-refractivity contribution in [3.63, 3.8) is 0 Å². The fourth-order valence-corrected chi connectivity index (χ4v) is 3.46. The molecule has 0 heterocycles. The van der Waals surface area contributed by atoms with Crippen LogP contribution in [0.2, 0.25) is 0 Å². The van der Waals surface area contributed by atoms with Crippen LogP contribution >= 0.6 is 0 Å². The summed E-state index contributed by atoms with van der Waals surface area (Å²) in [5.41, 5.74) is 4.78. The van der Waals surface area contributed by atoms with Crippen molar-refractivity contribution in [2.45, 2.75) is 71.6 Å². The van der Waals surface area contributed by atoms with Crippen molar-refractivity contribution in [1.82, 2.24) is 0 Å². The molecule has 0 saturated heterocycles. The summed E-state index contributed by atoms with van der Waals surface area (Å²) in [6, 6.07) is 7.19. The molecule has 0 heteroatoms. The van der Waals surface area contributed by atoms with Gasteiger partial charge in [0.1, 0.15) is 0 Å². The van der Waals surface area contributed by atoms with E-state index in [-0.39, 0.29) is 0 Å². The second-order valence-corrected chi connectivity index (χ2v) is 6.09. The van der Waals surface area contributed by atoms with Crippen molar-refractivity contribution in [1.29, 1.82) is 0 Å². The molecule has 1 aromatic carbocycles. The zero-order chi connectivity index (χ0) is 13.0. The van der Waals surface area contributed by atoms with Crippen LogP contribution in [-0.4, -0.2) is 0 Å². The number of hydrogen-bond donors (Lipinski definition) is 0. The van der Waals surface area contributed by atoms with Crippen LogP contribution < -0.4 is 0 Å². The van der Waals surface area contributed by atoms with Crippen LogP contribution in [0.3, 0.4) is 0 Å². The highest BCUT2D eigenvalue weighted by Crippen LogP contribution is 2.37. The fourth-order valence-electron chi connectivity index (χ4n) is 3.46. The average Bonchev–Trinajstić information content (AvgIpc) is 2.38. The minimum Gasteiger partial charge on any atom is -0.0654 e. The van der Waals surface area contributed by atoms with E-state index in [1.807, 2.05) is 0 Å². The van der Waals surface area contributed by atoms with Gasteiger partial charge in [0.25, 0.3) is 0 Å². The number of unbranched alkanes of at least 4 members (excludes halogenated alkanes) is 2. The van der Waals surface area contributed by atoms with E-state index >= 15 is 0 Å². The Morgan fingerprint density at radius 1 is 1.17 bits per heavy atom. The zero-order valence-electron chi connectivity index (χ0n) is 12.3. The lowest BCUT2D eigenvalue weighted by atomic mass is 9.75. The van der Waals surface area contributed by atoms with Crippen LogP contribution in [0.5, 0.6) is 0 Å². The Kier molecular flexibility index (Phi) is 4.86. The quantitative estimate of drug-likeness (QED) is 0.600. The highest BCUT2D eigenvalue weighted by Gasteiger charge is 2.23. The maximum atomic E-state index is 2.47. The maximum absolute atomic E-state index is 2.47. The van der Waals surface area contributed by atoms with Crippen LogP contribution in [0.1, 0.15) is 75.5 Å². The van der Waals surface area contributed by atoms with Crippen molar-refractivity contribution >= 4 is 0 Å². The molecule has 0 nitrogen and oxygen atoms in total. The van der Waals surface area contributed by atoms with Gasteiger partial charge >= 0.3 is 0 Å². The summed E-state index contributed by atoms with van der Waals surface area (Å²) < 4.78 is 0. The normalized spacial score (nSPS) is 22.8. The highest BCUT2D eigenvalue weighted by atomic mass is 14.3. The van der Waals surface area contributed by atoms with Gasteiger partial charge in [-0.05, 0) is 47.8 Å². The number of hydrogen-bond acceptors (Lipinski definition) is 0. The molecule has 2 atom stereocenters. The van der Waals surface area contributed by atoms with Gasteiger partial charge in [-0.1, -0.05) is 64.7 Å². The molecule has 1 aliphatic carbocycles. The number of rotatable bonds is 5. The third-order valence-electron chi connectivity index (χ3n) is 4.56. The van der Waals surface area contributed by atoms with Gasteiger partial charge in [0.2, 0.25) is 0 Å². The third kappa shape index (κ3) is 3.16. The maximum Gasteiger partial charge on any atom is -0.0185 e. The lowest BCUT2D eigenvalue weighted by Crippen LogP contribution is -2.17. The van der Waals surface area contributed by atoms with Gasteiger partial charge < -0.3 is 0 Å². The largest absolute Gasteiger partial charge is 0.0654 e. The Balaban J connectivity index is 2.06. The van der Waals surface area contributed by atoms with Crippen LogP contribution in [0.25, 0.3) is 0 Å². The van der Waals surface area contributed by atoms with E-state index in [4.69, 9.17) is 0 Å². The molecule has 0 aromatic heterocycles. The predicted molar refractivity (Wildman–Crippen MR) is 80.2 cm³/mol. The molecule has 0 amide bonds. The Hall–Kier alpha value is -0.780. The van der Waals surface area contributed by atoms with Crippen molar-refractivity contribution in [3.8, 4) is 0 Å². The summed E-state index contributed by atoms with van der Waals surface area (Å²) in [4.78, 5) is 0. The first-order valence-corrected chi connectivity index (χ1v) is 7.86. The zero-order valence-corrected chi connectivity index (χ0v) is 12.3. The monoisotopic (exact) mass is 244 g/mol. The summed E-state index contributed by atoms with van der Waals surface area (Å²) in [6.07, 6.45) is 9.53. The first-order valence-electron chi connectivity index (χ1n) is 7.86. The second-order valence-electron chi connectivity index (χ2n) is 6.09. The summed E-state index contributed by atoms with van der Waals surface area (Å²) >= 11 is 0. The first kappa shape index (κ1) is 13.6. The van der Waals surface area contributed by atoms with E-state index in [1.54, 1.807) is 11.1 Å². The fraction of sp³-hybridized carbons (Fsp3) is 0.667. The molecule has 1 aliphatic rings. The van der Waals surface area contributed by atoms with E-state index < -0.39 is 0 Å². The lowest BCUT2D eigenvalue weighted by molar-refractivity contribution is 0.377. The highest BCUT2D eigenvalue weighted by molar-refractivity contribution is 5.36. The van der Waals surface area contributed by atoms with Gasteiger partial charge in [0.15, 0.2) is 0 Å². The third-order valence-corrected chi connectivity index (χ3v) is 4.56. The van der Waals surface area contributed by atoms with Crippen LogP contribution in [0, 0.1) is 5.92 Å². The molecule has 0 bridgehead atoms. The molecule has 0 spiro atoms. The molecule has 2 rings (SSSR count). The van der Waals surface area contributed by atoms with Gasteiger partial charge in [0.05, 0.1) is 0 Å². The van der Waals surface area contributed by atoms with E-state index in [1.165, 1.54) is 50.5 Å². The van der Waals surface area contributed by atoms with Crippen LogP contribution in [0.4, 0.5) is 0 Å². The smallest absolute Gasteiger partial charge is 0.0185 e. The lowest BCUT2D eigenvalue weighted by Gasteiger charge is -2.30. The Bertz CT molecular complexity index is 378. The number of fused-ring (bicyclic) bond motifs is 1. The molecule has 0 N–H and O–H groups in total. The van der Waals surface area contributed by atoms with Gasteiger partial charge in [0, 0.05) is 0 Å². The van der Waals surface area contributed by atoms with E-state index in [0.29, 0.717) is 0 Å². The average molecular weight is 244 g/mol. The van der Waals surface area contributed by atoms with Crippen LogP contribution in [0.15, 0.2) is 18.2 Å².